The molecular formula is C20H18N4. The third-order valence-electron chi connectivity index (χ3n) is 4.81. The molecular weight excluding hydrogens is 296 g/mol. The van der Waals surface area contributed by atoms with E-state index in [0.717, 1.165) is 22.6 Å². The molecule has 1 aliphatic rings. The largest absolute Gasteiger partial charge is 0.359 e. The number of anilines is 1. The first-order valence-electron chi connectivity index (χ1n) is 8.21. The maximum atomic E-state index is 4.78. The van der Waals surface area contributed by atoms with Gasteiger partial charge in [0.25, 0.3) is 0 Å². The van der Waals surface area contributed by atoms with E-state index in [2.05, 4.69) is 76.5 Å². The predicted octanol–water partition coefficient (Wildman–Crippen LogP) is 4.62. The molecule has 0 amide bonds. The number of nitrogens with one attached hydrogen (secondary N) is 2. The Morgan fingerprint density at radius 3 is 2.71 bits per heavy atom. The van der Waals surface area contributed by atoms with Crippen LogP contribution >= 0.6 is 0 Å². The van der Waals surface area contributed by atoms with E-state index in [4.69, 9.17) is 5.10 Å². The van der Waals surface area contributed by atoms with Crippen molar-refractivity contribution in [1.29, 1.82) is 0 Å². The highest BCUT2D eigenvalue weighted by molar-refractivity contribution is 5.87. The summed E-state index contributed by atoms with van der Waals surface area (Å²) >= 11 is 0. The van der Waals surface area contributed by atoms with E-state index in [9.17, 15) is 0 Å². The Morgan fingerprint density at radius 1 is 1.00 bits per heavy atom. The van der Waals surface area contributed by atoms with E-state index in [1.165, 1.54) is 22.2 Å². The van der Waals surface area contributed by atoms with Gasteiger partial charge in [-0.05, 0) is 32.0 Å². The number of aryl methyl sites for hydroxylation is 2. The smallest absolute Gasteiger partial charge is 0.149 e. The molecule has 4 heteroatoms. The highest BCUT2D eigenvalue weighted by Gasteiger charge is 2.29. The Hall–Kier alpha value is -3.01. The van der Waals surface area contributed by atoms with Gasteiger partial charge in [-0.1, -0.05) is 36.4 Å². The summed E-state index contributed by atoms with van der Waals surface area (Å²) < 4.78 is 2.11. The first-order valence-corrected chi connectivity index (χ1v) is 8.21. The van der Waals surface area contributed by atoms with Gasteiger partial charge in [0.15, 0.2) is 0 Å². The van der Waals surface area contributed by atoms with Crippen LogP contribution in [-0.2, 0) is 0 Å². The average molecular weight is 314 g/mol. The van der Waals surface area contributed by atoms with Gasteiger partial charge in [-0.25, -0.2) is 4.68 Å². The fraction of sp³-hybridized carbons (Fsp3) is 0.150. The second kappa shape index (κ2) is 4.74. The summed E-state index contributed by atoms with van der Waals surface area (Å²) in [5, 5.41) is 9.70. The van der Waals surface area contributed by atoms with Gasteiger partial charge in [0, 0.05) is 33.4 Å². The maximum Gasteiger partial charge on any atom is 0.149 e. The molecule has 0 saturated carbocycles. The van der Waals surface area contributed by atoms with Crippen molar-refractivity contribution >= 4 is 16.6 Å². The Kier molecular flexibility index (Phi) is 2.65. The van der Waals surface area contributed by atoms with Crippen molar-refractivity contribution in [3.05, 3.63) is 71.5 Å². The molecule has 0 spiro atoms. The van der Waals surface area contributed by atoms with Crippen molar-refractivity contribution in [2.45, 2.75) is 20.0 Å². The first kappa shape index (κ1) is 13.4. The summed E-state index contributed by atoms with van der Waals surface area (Å²) in [6.07, 6.45) is -0.0141. The molecule has 3 heterocycles. The van der Waals surface area contributed by atoms with Crippen LogP contribution in [0.25, 0.3) is 22.2 Å². The van der Waals surface area contributed by atoms with Crippen LogP contribution in [0.15, 0.2) is 54.6 Å². The second-order valence-electron chi connectivity index (χ2n) is 6.42. The van der Waals surface area contributed by atoms with Gasteiger partial charge in [0.05, 0.1) is 11.4 Å². The minimum absolute atomic E-state index is 0.0141. The molecule has 1 unspecified atom stereocenters. The average Bonchev–Trinajstić information content (AvgIpc) is 3.13. The van der Waals surface area contributed by atoms with Gasteiger partial charge in [-0.15, -0.1) is 0 Å². The third-order valence-corrected chi connectivity index (χ3v) is 4.81. The van der Waals surface area contributed by atoms with Crippen LogP contribution in [0.4, 0.5) is 5.69 Å². The van der Waals surface area contributed by atoms with Gasteiger partial charge in [0.2, 0.25) is 0 Å². The Balaban J connectivity index is 1.79. The fourth-order valence-corrected chi connectivity index (χ4v) is 3.80. The molecule has 4 aromatic rings. The number of benzene rings is 2. The standard InChI is InChI=1S/C20H18N4/c1-12-11-18-14-7-3-5-9-16(14)22-20(24(18)23-12)19-13(2)21-17-10-6-4-8-15(17)19/h3-11,20-22H,1-2H3. The lowest BCUT2D eigenvalue weighted by Crippen LogP contribution is -2.26. The SMILES string of the molecule is Cc1cc2n(n1)C(c1c(C)[nH]c3ccccc13)Nc1ccccc1-2. The third kappa shape index (κ3) is 1.77. The fourth-order valence-electron chi connectivity index (χ4n) is 3.80. The zero-order chi connectivity index (χ0) is 16.3. The molecule has 5 rings (SSSR count). The van der Waals surface area contributed by atoms with Crippen molar-refractivity contribution in [3.8, 4) is 11.3 Å². The highest BCUT2D eigenvalue weighted by Crippen LogP contribution is 2.40. The number of fused-ring (bicyclic) bond motifs is 4. The lowest BCUT2D eigenvalue weighted by atomic mass is 10.0. The summed E-state index contributed by atoms with van der Waals surface area (Å²) in [6, 6.07) is 19.0. The van der Waals surface area contributed by atoms with Gasteiger partial charge in [-0.3, -0.25) is 0 Å². The van der Waals surface area contributed by atoms with Crippen LogP contribution in [0.2, 0.25) is 0 Å². The molecule has 1 atom stereocenters. The summed E-state index contributed by atoms with van der Waals surface area (Å²) in [6.45, 7) is 4.18. The van der Waals surface area contributed by atoms with Crippen LogP contribution < -0.4 is 5.32 Å². The predicted molar refractivity (Wildman–Crippen MR) is 97.2 cm³/mol. The zero-order valence-corrected chi connectivity index (χ0v) is 13.7. The van der Waals surface area contributed by atoms with Crippen molar-refractivity contribution in [2.75, 3.05) is 5.32 Å². The number of nitrogens with zero attached hydrogens (tertiary/aromatic N) is 2. The van der Waals surface area contributed by atoms with Crippen molar-refractivity contribution < 1.29 is 0 Å². The summed E-state index contributed by atoms with van der Waals surface area (Å²) in [5.74, 6) is 0. The van der Waals surface area contributed by atoms with Crippen LogP contribution in [0, 0.1) is 13.8 Å². The highest BCUT2D eigenvalue weighted by atomic mass is 15.4. The molecule has 0 aliphatic carbocycles. The van der Waals surface area contributed by atoms with E-state index in [0.29, 0.717) is 0 Å². The van der Waals surface area contributed by atoms with Crippen LogP contribution in [0.3, 0.4) is 0 Å². The number of hydrogen-bond acceptors (Lipinski definition) is 2. The molecule has 118 valence electrons. The molecule has 1 aliphatic heterocycles. The normalized spacial score (nSPS) is 15.8. The maximum absolute atomic E-state index is 4.78. The lowest BCUT2D eigenvalue weighted by Gasteiger charge is -2.29. The van der Waals surface area contributed by atoms with E-state index in [1.807, 2.05) is 6.92 Å². The van der Waals surface area contributed by atoms with E-state index in [-0.39, 0.29) is 6.17 Å². The summed E-state index contributed by atoms with van der Waals surface area (Å²) in [5.41, 5.74) is 8.14. The quantitative estimate of drug-likeness (QED) is 0.538. The minimum atomic E-state index is -0.0141. The number of para-hydroxylation sites is 2. The zero-order valence-electron chi connectivity index (χ0n) is 13.7. The number of H-pyrrole nitrogens is 1. The molecule has 0 bridgehead atoms. The molecule has 2 aromatic heterocycles. The summed E-state index contributed by atoms with van der Waals surface area (Å²) in [7, 11) is 0. The Bertz CT molecular complexity index is 1070. The lowest BCUT2D eigenvalue weighted by molar-refractivity contribution is 0.572. The monoisotopic (exact) mass is 314 g/mol. The van der Waals surface area contributed by atoms with Crippen LogP contribution in [0.5, 0.6) is 0 Å². The van der Waals surface area contributed by atoms with Gasteiger partial charge >= 0.3 is 0 Å². The second-order valence-corrected chi connectivity index (χ2v) is 6.42. The van der Waals surface area contributed by atoms with Gasteiger partial charge in [-0.2, -0.15) is 5.10 Å². The summed E-state index contributed by atoms with van der Waals surface area (Å²) in [4.78, 5) is 3.50. The van der Waals surface area contributed by atoms with Crippen molar-refractivity contribution in [3.63, 3.8) is 0 Å². The van der Waals surface area contributed by atoms with E-state index in [1.54, 1.807) is 0 Å². The molecule has 24 heavy (non-hydrogen) atoms. The van der Waals surface area contributed by atoms with E-state index < -0.39 is 0 Å². The Labute approximate surface area is 140 Å². The van der Waals surface area contributed by atoms with Gasteiger partial charge < -0.3 is 10.3 Å². The Morgan fingerprint density at radius 2 is 1.79 bits per heavy atom. The topological polar surface area (TPSA) is 45.6 Å². The number of rotatable bonds is 1. The molecule has 2 aromatic carbocycles. The number of aromatic nitrogens is 3. The van der Waals surface area contributed by atoms with Crippen molar-refractivity contribution in [1.82, 2.24) is 14.8 Å². The number of hydrogen-bond donors (Lipinski definition) is 2. The minimum Gasteiger partial charge on any atom is -0.359 e. The van der Waals surface area contributed by atoms with Crippen molar-refractivity contribution in [2.24, 2.45) is 0 Å². The van der Waals surface area contributed by atoms with Crippen LogP contribution in [-0.4, -0.2) is 14.8 Å². The van der Waals surface area contributed by atoms with E-state index >= 15 is 0 Å². The molecule has 0 saturated heterocycles. The number of aromatic amines is 1. The van der Waals surface area contributed by atoms with Crippen LogP contribution in [0.1, 0.15) is 23.1 Å². The molecule has 0 fully saturated rings. The molecule has 2 N–H and O–H groups in total. The molecule has 4 nitrogen and oxygen atoms in total. The van der Waals surface area contributed by atoms with Gasteiger partial charge in [0.1, 0.15) is 6.17 Å². The first-order chi connectivity index (χ1) is 11.7. The molecule has 0 radical (unpaired) electrons.